The van der Waals surface area contributed by atoms with Crippen LogP contribution >= 0.6 is 0 Å². The van der Waals surface area contributed by atoms with Crippen molar-refractivity contribution < 1.29 is 14.1 Å². The maximum absolute atomic E-state index is 12.6. The van der Waals surface area contributed by atoms with Crippen LogP contribution in [0.2, 0.25) is 0 Å². The topological polar surface area (TPSA) is 68.5 Å². The molecule has 0 unspecified atom stereocenters. The van der Waals surface area contributed by atoms with Gasteiger partial charge in [-0.2, -0.15) is 4.98 Å². The van der Waals surface area contributed by atoms with E-state index < -0.39 is 0 Å². The largest absolute Gasteiger partial charge is 0.381 e. The number of carbonyl (C=O) groups is 1. The van der Waals surface area contributed by atoms with Crippen LogP contribution in [0.4, 0.5) is 0 Å². The van der Waals surface area contributed by atoms with Gasteiger partial charge in [0.15, 0.2) is 5.82 Å². The highest BCUT2D eigenvalue weighted by Crippen LogP contribution is 2.47. The third kappa shape index (κ3) is 4.58. The number of nitrogens with zero attached hydrogens (tertiary/aromatic N) is 3. The third-order valence-corrected chi connectivity index (χ3v) is 6.87. The van der Waals surface area contributed by atoms with Gasteiger partial charge in [0.25, 0.3) is 0 Å². The Hall–Kier alpha value is -1.43. The van der Waals surface area contributed by atoms with Crippen LogP contribution in [0.25, 0.3) is 0 Å². The molecule has 28 heavy (non-hydrogen) atoms. The van der Waals surface area contributed by atoms with Crippen LogP contribution in [0.15, 0.2) is 4.52 Å². The molecule has 0 N–H and O–H groups in total. The minimum atomic E-state index is -0.0110. The zero-order valence-electron chi connectivity index (χ0n) is 17.5. The maximum atomic E-state index is 12.6. The Bertz CT molecular complexity index is 654. The fourth-order valence-electron chi connectivity index (χ4n) is 4.71. The van der Waals surface area contributed by atoms with E-state index >= 15 is 0 Å². The molecule has 1 aliphatic carbocycles. The molecule has 0 bridgehead atoms. The zero-order valence-corrected chi connectivity index (χ0v) is 17.5. The Morgan fingerprint density at radius 3 is 2.54 bits per heavy atom. The number of carbonyl (C=O) groups excluding carboxylic acids is 1. The maximum Gasteiger partial charge on any atom is 0.229 e. The Balaban J connectivity index is 1.43. The molecule has 1 saturated carbocycles. The third-order valence-electron chi connectivity index (χ3n) is 6.87. The van der Waals surface area contributed by atoms with E-state index in [9.17, 15) is 4.79 Å². The number of rotatable bonds is 7. The van der Waals surface area contributed by atoms with Gasteiger partial charge in [0, 0.05) is 44.1 Å². The summed E-state index contributed by atoms with van der Waals surface area (Å²) in [6.07, 6.45) is 9.30. The molecule has 0 spiro atoms. The lowest BCUT2D eigenvalue weighted by atomic mass is 9.73. The number of aromatic nitrogens is 2. The van der Waals surface area contributed by atoms with Crippen molar-refractivity contribution in [3.8, 4) is 0 Å². The summed E-state index contributed by atoms with van der Waals surface area (Å²) in [4.78, 5) is 19.5. The van der Waals surface area contributed by atoms with E-state index in [0.29, 0.717) is 24.2 Å². The Kier molecular flexibility index (Phi) is 6.04. The fourth-order valence-corrected chi connectivity index (χ4v) is 4.71. The first-order valence-corrected chi connectivity index (χ1v) is 11.3. The zero-order chi connectivity index (χ0) is 19.6. The molecule has 6 heteroatoms. The first kappa shape index (κ1) is 19.9. The quantitative estimate of drug-likeness (QED) is 0.703. The van der Waals surface area contributed by atoms with Crippen LogP contribution in [0.1, 0.15) is 89.3 Å². The molecule has 3 heterocycles. The Labute approximate surface area is 168 Å². The number of piperidine rings is 1. The molecule has 4 rings (SSSR count). The molecular weight excluding hydrogens is 354 g/mol. The second-order valence-electron chi connectivity index (χ2n) is 9.58. The molecule has 0 atom stereocenters. The summed E-state index contributed by atoms with van der Waals surface area (Å²) >= 11 is 0. The van der Waals surface area contributed by atoms with E-state index in [1.807, 2.05) is 0 Å². The fraction of sp³-hybridized carbons (Fsp3) is 0.864. The van der Waals surface area contributed by atoms with Crippen LogP contribution in [-0.2, 0) is 14.9 Å². The van der Waals surface area contributed by atoms with E-state index in [4.69, 9.17) is 14.2 Å². The molecule has 0 radical (unpaired) electrons. The highest BCUT2D eigenvalue weighted by molar-refractivity contribution is 5.76. The second kappa shape index (κ2) is 8.52. The van der Waals surface area contributed by atoms with Crippen molar-refractivity contribution in [2.45, 2.75) is 83.0 Å². The number of ether oxygens (including phenoxy) is 1. The minimum absolute atomic E-state index is 0.0110. The van der Waals surface area contributed by atoms with Gasteiger partial charge in [-0.3, -0.25) is 4.79 Å². The SMILES string of the molecule is CC(C)CCC(=O)N1CCC(CC2CC2)(c2noc(C3CCOCC3)n2)CC1. The lowest BCUT2D eigenvalue weighted by molar-refractivity contribution is -0.133. The van der Waals surface area contributed by atoms with Gasteiger partial charge in [-0.25, -0.2) is 0 Å². The van der Waals surface area contributed by atoms with Crippen LogP contribution in [0, 0.1) is 11.8 Å². The summed E-state index contributed by atoms with van der Waals surface area (Å²) in [6.45, 7) is 7.56. The molecule has 3 fully saturated rings. The molecule has 6 nitrogen and oxygen atoms in total. The molecule has 3 aliphatic rings. The summed E-state index contributed by atoms with van der Waals surface area (Å²) < 4.78 is 11.2. The summed E-state index contributed by atoms with van der Waals surface area (Å²) in [5, 5.41) is 4.47. The first-order chi connectivity index (χ1) is 13.6. The molecule has 1 aromatic rings. The van der Waals surface area contributed by atoms with Crippen molar-refractivity contribution in [1.82, 2.24) is 15.0 Å². The molecule has 2 saturated heterocycles. The monoisotopic (exact) mass is 389 g/mol. The smallest absolute Gasteiger partial charge is 0.229 e. The summed E-state index contributed by atoms with van der Waals surface area (Å²) in [5.41, 5.74) is -0.0110. The Morgan fingerprint density at radius 1 is 1.18 bits per heavy atom. The number of amides is 1. The van der Waals surface area contributed by atoms with Crippen LogP contribution in [0.5, 0.6) is 0 Å². The molecule has 0 aromatic carbocycles. The summed E-state index contributed by atoms with van der Waals surface area (Å²) in [5.74, 6) is 3.72. The summed E-state index contributed by atoms with van der Waals surface area (Å²) in [6, 6.07) is 0. The van der Waals surface area contributed by atoms with Gasteiger partial charge in [-0.05, 0) is 50.4 Å². The van der Waals surface area contributed by atoms with Gasteiger partial charge < -0.3 is 14.2 Å². The van der Waals surface area contributed by atoms with Crippen LogP contribution < -0.4 is 0 Å². The molecule has 2 aliphatic heterocycles. The predicted molar refractivity (Wildman–Crippen MR) is 106 cm³/mol. The van der Waals surface area contributed by atoms with Gasteiger partial charge >= 0.3 is 0 Å². The van der Waals surface area contributed by atoms with Gasteiger partial charge in [0.05, 0.1) is 0 Å². The molecule has 156 valence electrons. The number of hydrogen-bond donors (Lipinski definition) is 0. The van der Waals surface area contributed by atoms with Crippen LogP contribution in [-0.4, -0.2) is 47.3 Å². The molecule has 1 amide bonds. The normalized spacial score (nSPS) is 23.3. The number of hydrogen-bond acceptors (Lipinski definition) is 5. The molecular formula is C22H35N3O3. The van der Waals surface area contributed by atoms with Gasteiger partial charge in [-0.15, -0.1) is 0 Å². The minimum Gasteiger partial charge on any atom is -0.381 e. The van der Waals surface area contributed by atoms with Crippen molar-refractivity contribution in [2.24, 2.45) is 11.8 Å². The lowest BCUT2D eigenvalue weighted by Crippen LogP contribution is -2.46. The molecule has 1 aromatic heterocycles. The Morgan fingerprint density at radius 2 is 1.89 bits per heavy atom. The number of likely N-dealkylation sites (tertiary alicyclic amines) is 1. The second-order valence-corrected chi connectivity index (χ2v) is 9.58. The van der Waals surface area contributed by atoms with Gasteiger partial charge in [0.2, 0.25) is 11.8 Å². The lowest BCUT2D eigenvalue weighted by Gasteiger charge is -2.40. The van der Waals surface area contributed by atoms with Crippen LogP contribution in [0.3, 0.4) is 0 Å². The average Bonchev–Trinajstić information content (AvgIpc) is 3.37. The summed E-state index contributed by atoms with van der Waals surface area (Å²) in [7, 11) is 0. The highest BCUT2D eigenvalue weighted by Gasteiger charge is 2.45. The van der Waals surface area contributed by atoms with Crippen molar-refractivity contribution in [1.29, 1.82) is 0 Å². The van der Waals surface area contributed by atoms with Gasteiger partial charge in [-0.1, -0.05) is 31.8 Å². The average molecular weight is 390 g/mol. The highest BCUT2D eigenvalue weighted by atomic mass is 16.5. The van der Waals surface area contributed by atoms with Crippen molar-refractivity contribution in [3.63, 3.8) is 0 Å². The predicted octanol–water partition coefficient (Wildman–Crippen LogP) is 4.06. The van der Waals surface area contributed by atoms with Crippen molar-refractivity contribution in [2.75, 3.05) is 26.3 Å². The van der Waals surface area contributed by atoms with Gasteiger partial charge in [0.1, 0.15) is 0 Å². The van der Waals surface area contributed by atoms with E-state index in [-0.39, 0.29) is 5.41 Å². The first-order valence-electron chi connectivity index (χ1n) is 11.3. The van der Waals surface area contributed by atoms with E-state index in [1.54, 1.807) is 0 Å². The van der Waals surface area contributed by atoms with E-state index in [2.05, 4.69) is 23.9 Å². The van der Waals surface area contributed by atoms with Crippen molar-refractivity contribution in [3.05, 3.63) is 11.7 Å². The van der Waals surface area contributed by atoms with E-state index in [0.717, 1.165) is 82.5 Å². The van der Waals surface area contributed by atoms with E-state index in [1.165, 1.54) is 12.8 Å². The van der Waals surface area contributed by atoms with Crippen molar-refractivity contribution >= 4 is 5.91 Å². The standard InChI is InChI=1S/C22H35N3O3/c1-16(2)3-6-19(26)25-11-9-22(10-12-25,15-17-4-5-17)21-23-20(28-24-21)18-7-13-27-14-8-18/h16-18H,3-15H2,1-2H3.